The topological polar surface area (TPSA) is 79.2 Å². The molecular formula is C20H26F2N2O4SSi. The summed E-state index contributed by atoms with van der Waals surface area (Å²) in [5.74, 6) is -2.39. The van der Waals surface area contributed by atoms with Crippen molar-refractivity contribution in [3.8, 4) is 0 Å². The number of benzene rings is 1. The van der Waals surface area contributed by atoms with Crippen LogP contribution in [0.5, 0.6) is 0 Å². The maximum atomic E-state index is 14.6. The number of hydrogen-bond donors (Lipinski definition) is 1. The standard InChI is InChI=1S/C20H26F2N2O4SSi/c1-19(13-6-5-7-14(21)16(13)22)15-10-20(15,11-25)29-17(23-19)24(18(26)27)12-28-8-9-30(2,3)4/h5-7,11,15H,8-10,12H2,1-4H3,(H,26,27)/t15-,19+,20+/m0/s1. The van der Waals surface area contributed by atoms with Gasteiger partial charge in [-0.15, -0.1) is 0 Å². The number of carbonyl (C=O) groups is 2. The van der Waals surface area contributed by atoms with Crippen LogP contribution in [0, 0.1) is 17.6 Å². The average molecular weight is 457 g/mol. The molecule has 1 aliphatic heterocycles. The van der Waals surface area contributed by atoms with Crippen molar-refractivity contribution in [2.45, 2.75) is 49.3 Å². The van der Waals surface area contributed by atoms with Crippen LogP contribution >= 0.6 is 11.8 Å². The van der Waals surface area contributed by atoms with Gasteiger partial charge in [-0.2, -0.15) is 0 Å². The summed E-state index contributed by atoms with van der Waals surface area (Å²) in [5, 5.41) is 9.78. The van der Waals surface area contributed by atoms with Crippen LogP contribution in [0.2, 0.25) is 25.7 Å². The van der Waals surface area contributed by atoms with Gasteiger partial charge < -0.3 is 14.6 Å². The number of thioether (sulfide) groups is 1. The fraction of sp³-hybridized carbons (Fsp3) is 0.550. The third kappa shape index (κ3) is 4.31. The first-order valence-electron chi connectivity index (χ1n) is 9.71. The normalized spacial score (nSPS) is 27.8. The zero-order chi connectivity index (χ0) is 22.3. The summed E-state index contributed by atoms with van der Waals surface area (Å²) in [6, 6.07) is 4.70. The molecule has 1 fully saturated rings. The number of aldehydes is 1. The highest BCUT2D eigenvalue weighted by atomic mass is 32.2. The maximum absolute atomic E-state index is 14.6. The summed E-state index contributed by atoms with van der Waals surface area (Å²) in [6.07, 6.45) is -0.111. The monoisotopic (exact) mass is 456 g/mol. The van der Waals surface area contributed by atoms with Gasteiger partial charge in [0.2, 0.25) is 0 Å². The number of rotatable bonds is 7. The Morgan fingerprint density at radius 2 is 2.13 bits per heavy atom. The smallest absolute Gasteiger partial charge is 0.415 e. The van der Waals surface area contributed by atoms with E-state index in [9.17, 15) is 23.5 Å². The number of fused-ring (bicyclic) bond motifs is 1. The van der Waals surface area contributed by atoms with Gasteiger partial charge >= 0.3 is 6.09 Å². The number of carboxylic acid groups (broad SMARTS) is 1. The number of ether oxygens (including phenoxy) is 1. The summed E-state index contributed by atoms with van der Waals surface area (Å²) in [6.45, 7) is 8.35. The molecule has 0 unspecified atom stereocenters. The molecule has 3 rings (SSSR count). The quantitative estimate of drug-likeness (QED) is 0.282. The van der Waals surface area contributed by atoms with Crippen molar-refractivity contribution in [2.24, 2.45) is 10.9 Å². The number of carbonyl (C=O) groups excluding carboxylic acids is 1. The zero-order valence-electron chi connectivity index (χ0n) is 17.4. The van der Waals surface area contributed by atoms with E-state index >= 15 is 0 Å². The highest BCUT2D eigenvalue weighted by molar-refractivity contribution is 8.15. The van der Waals surface area contributed by atoms with Crippen LogP contribution in [0.4, 0.5) is 13.6 Å². The third-order valence-electron chi connectivity index (χ3n) is 5.62. The van der Waals surface area contributed by atoms with Gasteiger partial charge in [-0.05, 0) is 25.5 Å². The van der Waals surface area contributed by atoms with Gasteiger partial charge in [0.05, 0.1) is 10.3 Å². The Hall–Kier alpha value is -1.78. The van der Waals surface area contributed by atoms with Crippen LogP contribution in [0.15, 0.2) is 23.2 Å². The van der Waals surface area contributed by atoms with Crippen molar-refractivity contribution >= 4 is 37.4 Å². The molecule has 1 heterocycles. The van der Waals surface area contributed by atoms with Crippen molar-refractivity contribution in [3.05, 3.63) is 35.4 Å². The Balaban J connectivity index is 1.93. The van der Waals surface area contributed by atoms with Crippen molar-refractivity contribution in [3.63, 3.8) is 0 Å². The van der Waals surface area contributed by atoms with Crippen LogP contribution < -0.4 is 0 Å². The van der Waals surface area contributed by atoms with Gasteiger partial charge in [-0.25, -0.2) is 18.5 Å². The van der Waals surface area contributed by atoms with E-state index in [-0.39, 0.29) is 23.4 Å². The van der Waals surface area contributed by atoms with E-state index in [4.69, 9.17) is 4.74 Å². The number of hydrogen-bond acceptors (Lipinski definition) is 5. The predicted molar refractivity (Wildman–Crippen MR) is 114 cm³/mol. The Morgan fingerprint density at radius 1 is 1.43 bits per heavy atom. The highest BCUT2D eigenvalue weighted by Gasteiger charge is 2.67. The maximum Gasteiger partial charge on any atom is 0.415 e. The molecule has 1 amide bonds. The Morgan fingerprint density at radius 3 is 2.73 bits per heavy atom. The van der Waals surface area contributed by atoms with E-state index in [0.717, 1.165) is 35.1 Å². The second-order valence-electron chi connectivity index (χ2n) is 9.13. The van der Waals surface area contributed by atoms with Gasteiger partial charge in [-0.3, -0.25) is 4.99 Å². The lowest BCUT2D eigenvalue weighted by atomic mass is 9.86. The van der Waals surface area contributed by atoms with Crippen LogP contribution in [-0.4, -0.2) is 53.7 Å². The van der Waals surface area contributed by atoms with Crippen molar-refractivity contribution in [2.75, 3.05) is 13.3 Å². The number of amides is 1. The highest BCUT2D eigenvalue weighted by Crippen LogP contribution is 2.65. The minimum atomic E-state index is -1.35. The van der Waals surface area contributed by atoms with Crippen LogP contribution in [-0.2, 0) is 15.1 Å². The first kappa shape index (κ1) is 22.9. The molecular weight excluding hydrogens is 430 g/mol. The SMILES string of the molecule is C[C@]1(c2cccc(F)c2F)N=C(N(COCC[Si](C)(C)C)C(=O)O)S[C@@]2(C=O)C[C@H]21. The molecule has 1 saturated carbocycles. The minimum Gasteiger partial charge on any atom is -0.465 e. The van der Waals surface area contributed by atoms with Crippen LogP contribution in [0.3, 0.4) is 0 Å². The van der Waals surface area contributed by atoms with Gasteiger partial charge in [0.1, 0.15) is 13.0 Å². The molecule has 1 aliphatic carbocycles. The lowest BCUT2D eigenvalue weighted by Gasteiger charge is -2.35. The number of nitrogens with zero attached hydrogens (tertiary/aromatic N) is 2. The van der Waals surface area contributed by atoms with E-state index in [0.29, 0.717) is 13.0 Å². The second kappa shape index (κ2) is 8.05. The van der Waals surface area contributed by atoms with Crippen molar-refractivity contribution in [1.82, 2.24) is 4.90 Å². The van der Waals surface area contributed by atoms with Gasteiger partial charge in [0.25, 0.3) is 0 Å². The summed E-state index contributed by atoms with van der Waals surface area (Å²) < 4.78 is 33.2. The number of halogens is 2. The van der Waals surface area contributed by atoms with E-state index in [2.05, 4.69) is 24.6 Å². The molecule has 2 aliphatic rings. The minimum absolute atomic E-state index is 0.0130. The number of amidine groups is 1. The molecule has 0 aromatic heterocycles. The molecule has 164 valence electrons. The van der Waals surface area contributed by atoms with Crippen molar-refractivity contribution in [1.29, 1.82) is 0 Å². The lowest BCUT2D eigenvalue weighted by molar-refractivity contribution is -0.108. The van der Waals surface area contributed by atoms with E-state index in [1.807, 2.05) is 0 Å². The Bertz CT molecular complexity index is 894. The fourth-order valence-electron chi connectivity index (χ4n) is 3.66. The average Bonchev–Trinajstić information content (AvgIpc) is 3.39. The summed E-state index contributed by atoms with van der Waals surface area (Å²) >= 11 is 1.05. The zero-order valence-corrected chi connectivity index (χ0v) is 19.3. The Labute approximate surface area is 179 Å². The van der Waals surface area contributed by atoms with Gasteiger partial charge in [0, 0.05) is 26.2 Å². The Kier molecular flexibility index (Phi) is 6.14. The first-order valence-corrected chi connectivity index (χ1v) is 14.2. The molecule has 1 aromatic rings. The largest absolute Gasteiger partial charge is 0.465 e. The molecule has 0 radical (unpaired) electrons. The summed E-state index contributed by atoms with van der Waals surface area (Å²) in [7, 11) is -1.35. The second-order valence-corrected chi connectivity index (χ2v) is 16.1. The third-order valence-corrected chi connectivity index (χ3v) is 8.74. The molecule has 0 bridgehead atoms. The molecule has 10 heteroatoms. The molecule has 1 aromatic carbocycles. The van der Waals surface area contributed by atoms with E-state index in [1.165, 1.54) is 12.1 Å². The summed E-state index contributed by atoms with van der Waals surface area (Å²) in [5.41, 5.74) is -1.25. The van der Waals surface area contributed by atoms with Gasteiger partial charge in [-0.1, -0.05) is 43.5 Å². The first-order chi connectivity index (χ1) is 13.9. The molecule has 0 saturated heterocycles. The van der Waals surface area contributed by atoms with Gasteiger partial charge in [0.15, 0.2) is 16.8 Å². The molecule has 6 nitrogen and oxygen atoms in total. The molecule has 0 spiro atoms. The molecule has 1 N–H and O–H groups in total. The van der Waals surface area contributed by atoms with E-state index in [1.54, 1.807) is 6.92 Å². The molecule has 30 heavy (non-hydrogen) atoms. The lowest BCUT2D eigenvalue weighted by Crippen LogP contribution is -2.43. The predicted octanol–water partition coefficient (Wildman–Crippen LogP) is 4.53. The van der Waals surface area contributed by atoms with Crippen LogP contribution in [0.1, 0.15) is 18.9 Å². The number of aliphatic imine (C=N–C) groups is 1. The van der Waals surface area contributed by atoms with Crippen molar-refractivity contribution < 1.29 is 28.2 Å². The fourth-order valence-corrected chi connectivity index (χ4v) is 5.90. The van der Waals surface area contributed by atoms with Crippen LogP contribution in [0.25, 0.3) is 0 Å². The molecule has 3 atom stereocenters. The van der Waals surface area contributed by atoms with E-state index < -0.39 is 36.1 Å². The summed E-state index contributed by atoms with van der Waals surface area (Å²) in [4.78, 5) is 29.2.